The topological polar surface area (TPSA) is 38.7 Å². The largest absolute Gasteiger partial charge is 0.493 e. The average molecular weight is 491 g/mol. The van der Waals surface area contributed by atoms with Crippen LogP contribution in [0.3, 0.4) is 0 Å². The number of aliphatic hydroxyl groups excluding tert-OH is 1. The van der Waals surface area contributed by atoms with Gasteiger partial charge in [-0.1, -0.05) is 99.6 Å². The highest BCUT2D eigenvalue weighted by Gasteiger charge is 2.51. The lowest BCUT2D eigenvalue weighted by molar-refractivity contribution is -0.0247. The summed E-state index contributed by atoms with van der Waals surface area (Å²) in [5.41, 5.74) is 1.21. The van der Waals surface area contributed by atoms with Gasteiger partial charge in [0.05, 0.1) is 18.1 Å². The second-order valence-electron chi connectivity index (χ2n) is 9.82. The van der Waals surface area contributed by atoms with Crippen molar-refractivity contribution in [2.75, 3.05) is 6.61 Å². The van der Waals surface area contributed by atoms with Crippen molar-refractivity contribution in [1.82, 2.24) is 0 Å². The van der Waals surface area contributed by atoms with Crippen molar-refractivity contribution >= 4 is 30.5 Å². The number of thioether (sulfide) groups is 1. The molecule has 1 N–H and O–H groups in total. The maximum atomic E-state index is 11.3. The van der Waals surface area contributed by atoms with Gasteiger partial charge < -0.3 is 14.3 Å². The predicted molar refractivity (Wildman–Crippen MR) is 144 cm³/mol. The molecule has 0 spiro atoms. The Balaban J connectivity index is 1.62. The summed E-state index contributed by atoms with van der Waals surface area (Å²) in [6.07, 6.45) is 2.56. The lowest BCUT2D eigenvalue weighted by Crippen LogP contribution is -2.67. The molecule has 3 nitrogen and oxygen atoms in total. The molecular weight excluding hydrogens is 456 g/mol. The minimum atomic E-state index is -2.69. The third-order valence-electron chi connectivity index (χ3n) is 6.48. The zero-order valence-corrected chi connectivity index (χ0v) is 22.2. The van der Waals surface area contributed by atoms with E-state index in [1.54, 1.807) is 18.0 Å². The normalized spacial score (nSPS) is 20.7. The Morgan fingerprint density at radius 1 is 0.882 bits per heavy atom. The molecule has 0 fully saturated rings. The van der Waals surface area contributed by atoms with Crippen molar-refractivity contribution in [3.63, 3.8) is 0 Å². The van der Waals surface area contributed by atoms with Crippen molar-refractivity contribution in [2.24, 2.45) is 0 Å². The fourth-order valence-electron chi connectivity index (χ4n) is 4.68. The monoisotopic (exact) mass is 490 g/mol. The van der Waals surface area contributed by atoms with E-state index >= 15 is 0 Å². The van der Waals surface area contributed by atoms with Gasteiger partial charge in [0.25, 0.3) is 8.32 Å². The van der Waals surface area contributed by atoms with E-state index in [2.05, 4.69) is 88.4 Å². The van der Waals surface area contributed by atoms with Crippen LogP contribution in [0.1, 0.15) is 26.3 Å². The van der Waals surface area contributed by atoms with E-state index in [0.717, 1.165) is 0 Å². The number of hydrogen-bond donors (Lipinski definition) is 1. The summed E-state index contributed by atoms with van der Waals surface area (Å²) in [6.45, 7) is 9.20. The van der Waals surface area contributed by atoms with Crippen molar-refractivity contribution in [1.29, 1.82) is 0 Å². The van der Waals surface area contributed by atoms with Crippen LogP contribution in [0.5, 0.6) is 0 Å². The maximum Gasteiger partial charge on any atom is 0.261 e. The summed E-state index contributed by atoms with van der Waals surface area (Å²) in [6, 6.07) is 29.4. The van der Waals surface area contributed by atoms with Gasteiger partial charge >= 0.3 is 0 Å². The highest BCUT2D eigenvalue weighted by Crippen LogP contribution is 2.38. The van der Waals surface area contributed by atoms with E-state index in [0.29, 0.717) is 6.61 Å². The Hall–Kier alpha value is -2.31. The number of ether oxygens (including phenoxy) is 1. The summed E-state index contributed by atoms with van der Waals surface area (Å²) in [5.74, 6) is 0. The second kappa shape index (κ2) is 10.5. The van der Waals surface area contributed by atoms with Crippen LogP contribution in [-0.4, -0.2) is 37.5 Å². The maximum absolute atomic E-state index is 11.3. The zero-order chi connectivity index (χ0) is 24.2. The molecule has 4 rings (SSSR count). The molecule has 1 aliphatic heterocycles. The highest BCUT2D eigenvalue weighted by molar-refractivity contribution is 8.00. The molecular formula is C29H34O3SSi. The fraction of sp³-hybridized carbons (Fsp3) is 0.310. The average Bonchev–Trinajstić information content (AvgIpc) is 2.83. The molecule has 3 atom stereocenters. The summed E-state index contributed by atoms with van der Waals surface area (Å²) in [5, 5.41) is 13.5. The van der Waals surface area contributed by atoms with Crippen LogP contribution in [-0.2, 0) is 9.16 Å². The molecule has 0 saturated carbocycles. The first kappa shape index (κ1) is 24.8. The zero-order valence-electron chi connectivity index (χ0n) is 20.3. The SMILES string of the molecule is Cc1ccccc1S[C@H]1C=CO[C@H](CO[Si](c2ccccc2)(c2ccccc2)C(C)(C)C)[C@@H]1O. The van der Waals surface area contributed by atoms with Crippen molar-refractivity contribution in [3.8, 4) is 0 Å². The lowest BCUT2D eigenvalue weighted by atomic mass is 10.1. The smallest absolute Gasteiger partial charge is 0.261 e. The molecule has 3 aromatic rings. The Kier molecular flexibility index (Phi) is 7.68. The summed E-state index contributed by atoms with van der Waals surface area (Å²) >= 11 is 1.67. The number of hydrogen-bond acceptors (Lipinski definition) is 4. The van der Waals surface area contributed by atoms with Crippen molar-refractivity contribution < 1.29 is 14.3 Å². The Bertz CT molecular complexity index is 1060. The first-order valence-corrected chi connectivity index (χ1v) is 14.6. The van der Waals surface area contributed by atoms with Gasteiger partial charge in [-0.25, -0.2) is 0 Å². The fourth-order valence-corrected chi connectivity index (χ4v) is 10.4. The lowest BCUT2D eigenvalue weighted by Gasteiger charge is -2.44. The number of aliphatic hydroxyl groups is 1. The number of rotatable bonds is 7. The Morgan fingerprint density at radius 3 is 2.00 bits per heavy atom. The second-order valence-corrected chi connectivity index (χ2v) is 15.3. The van der Waals surface area contributed by atoms with Gasteiger partial charge in [-0.15, -0.1) is 11.8 Å². The van der Waals surface area contributed by atoms with E-state index in [9.17, 15) is 5.11 Å². The van der Waals surface area contributed by atoms with Gasteiger partial charge in [-0.2, -0.15) is 0 Å². The molecule has 34 heavy (non-hydrogen) atoms. The molecule has 0 bridgehead atoms. The van der Waals surface area contributed by atoms with Gasteiger partial charge in [0.1, 0.15) is 12.2 Å². The quantitative estimate of drug-likeness (QED) is 0.456. The van der Waals surface area contributed by atoms with Crippen LogP contribution in [0, 0.1) is 6.92 Å². The van der Waals surface area contributed by atoms with E-state index in [1.165, 1.54) is 20.8 Å². The van der Waals surface area contributed by atoms with Gasteiger partial charge in [0.2, 0.25) is 0 Å². The van der Waals surface area contributed by atoms with Crippen LogP contribution in [0.25, 0.3) is 0 Å². The molecule has 1 heterocycles. The first-order valence-electron chi connectivity index (χ1n) is 11.8. The molecule has 0 saturated heterocycles. The van der Waals surface area contributed by atoms with Crippen molar-refractivity contribution in [3.05, 3.63) is 103 Å². The molecule has 1 aliphatic rings. The Labute approximate surface area is 209 Å². The molecule has 0 unspecified atom stereocenters. The molecule has 0 aliphatic carbocycles. The van der Waals surface area contributed by atoms with E-state index < -0.39 is 20.5 Å². The van der Waals surface area contributed by atoms with Crippen LogP contribution in [0.2, 0.25) is 5.04 Å². The standard InChI is InChI=1S/C29H34O3SSi/c1-22-13-11-12-18-26(22)33-27-19-20-31-25(28(27)30)21-32-34(29(2,3)4,23-14-7-5-8-15-23)24-16-9-6-10-17-24/h5-20,25,27-28,30H,21H2,1-4H3/t25-,27+,28+/m1/s1. The first-order chi connectivity index (χ1) is 16.3. The van der Waals surface area contributed by atoms with E-state index in [4.69, 9.17) is 9.16 Å². The van der Waals surface area contributed by atoms with Crippen molar-refractivity contribution in [2.45, 2.75) is 55.1 Å². The van der Waals surface area contributed by atoms with Gasteiger partial charge in [-0.05, 0) is 40.0 Å². The molecule has 3 aromatic carbocycles. The Morgan fingerprint density at radius 2 is 1.44 bits per heavy atom. The molecule has 0 amide bonds. The van der Waals surface area contributed by atoms with E-state index in [1.807, 2.05) is 30.3 Å². The predicted octanol–water partition coefficient (Wildman–Crippen LogP) is 5.31. The van der Waals surface area contributed by atoms with Gasteiger partial charge in [0, 0.05) is 4.90 Å². The number of aryl methyl sites for hydroxylation is 1. The molecule has 5 heteroatoms. The van der Waals surface area contributed by atoms with E-state index in [-0.39, 0.29) is 10.3 Å². The number of benzene rings is 3. The summed E-state index contributed by atoms with van der Waals surface area (Å²) in [7, 11) is -2.69. The highest BCUT2D eigenvalue weighted by atomic mass is 32.2. The third-order valence-corrected chi connectivity index (χ3v) is 12.9. The van der Waals surface area contributed by atoms with Crippen LogP contribution >= 0.6 is 11.8 Å². The minimum Gasteiger partial charge on any atom is -0.493 e. The van der Waals surface area contributed by atoms with Gasteiger partial charge in [-0.3, -0.25) is 0 Å². The van der Waals surface area contributed by atoms with Crippen LogP contribution in [0.15, 0.2) is 102 Å². The summed E-state index contributed by atoms with van der Waals surface area (Å²) in [4.78, 5) is 1.17. The minimum absolute atomic E-state index is 0.0948. The molecule has 0 aromatic heterocycles. The van der Waals surface area contributed by atoms with Crippen LogP contribution in [0.4, 0.5) is 0 Å². The summed E-state index contributed by atoms with van der Waals surface area (Å²) < 4.78 is 12.9. The molecule has 178 valence electrons. The van der Waals surface area contributed by atoms with Crippen LogP contribution < -0.4 is 10.4 Å². The molecule has 0 radical (unpaired) electrons. The third kappa shape index (κ3) is 5.03. The van der Waals surface area contributed by atoms with Gasteiger partial charge in [0.15, 0.2) is 0 Å².